The zero-order valence-electron chi connectivity index (χ0n) is 10.8. The molecular formula is C13H15ClN4O. The number of imidazole rings is 1. The van der Waals surface area contributed by atoms with Crippen LogP contribution in [0.1, 0.15) is 35.6 Å². The van der Waals surface area contributed by atoms with Gasteiger partial charge in [0.1, 0.15) is 17.0 Å². The Balaban J connectivity index is 2.07. The molecule has 0 N–H and O–H groups in total. The first-order valence-electron chi connectivity index (χ1n) is 6.46. The van der Waals surface area contributed by atoms with Crippen LogP contribution in [-0.2, 0) is 0 Å². The van der Waals surface area contributed by atoms with Crippen LogP contribution in [0, 0.1) is 6.92 Å². The fourth-order valence-corrected chi connectivity index (χ4v) is 2.73. The SMILES string of the molecule is Cc1ncc2c(Cl)ncc(C(=O)N3CCCCC3)n12. The van der Waals surface area contributed by atoms with E-state index in [2.05, 4.69) is 9.97 Å². The van der Waals surface area contributed by atoms with Crippen molar-refractivity contribution in [1.29, 1.82) is 0 Å². The second-order valence-electron chi connectivity index (χ2n) is 4.81. The van der Waals surface area contributed by atoms with Gasteiger partial charge in [0.05, 0.1) is 12.4 Å². The van der Waals surface area contributed by atoms with Gasteiger partial charge >= 0.3 is 0 Å². The van der Waals surface area contributed by atoms with Crippen molar-refractivity contribution in [3.63, 3.8) is 0 Å². The lowest BCUT2D eigenvalue weighted by atomic mass is 10.1. The highest BCUT2D eigenvalue weighted by molar-refractivity contribution is 6.32. The van der Waals surface area contributed by atoms with Gasteiger partial charge in [-0.25, -0.2) is 9.97 Å². The van der Waals surface area contributed by atoms with Crippen molar-refractivity contribution in [2.75, 3.05) is 13.1 Å². The summed E-state index contributed by atoms with van der Waals surface area (Å²) in [5.74, 6) is 0.759. The van der Waals surface area contributed by atoms with Gasteiger partial charge < -0.3 is 4.90 Å². The lowest BCUT2D eigenvalue weighted by Crippen LogP contribution is -2.36. The van der Waals surface area contributed by atoms with Crippen LogP contribution in [0.2, 0.25) is 5.15 Å². The molecule has 0 aliphatic carbocycles. The highest BCUT2D eigenvalue weighted by Gasteiger charge is 2.22. The van der Waals surface area contributed by atoms with E-state index >= 15 is 0 Å². The first-order valence-corrected chi connectivity index (χ1v) is 6.84. The highest BCUT2D eigenvalue weighted by Crippen LogP contribution is 2.20. The Kier molecular flexibility index (Phi) is 3.14. The molecule has 3 heterocycles. The van der Waals surface area contributed by atoms with Crippen LogP contribution in [0.5, 0.6) is 0 Å². The lowest BCUT2D eigenvalue weighted by Gasteiger charge is -2.27. The zero-order valence-corrected chi connectivity index (χ0v) is 11.5. The number of piperidine rings is 1. The number of rotatable bonds is 1. The molecule has 0 aromatic carbocycles. The summed E-state index contributed by atoms with van der Waals surface area (Å²) in [6.45, 7) is 3.49. The maximum atomic E-state index is 12.6. The van der Waals surface area contributed by atoms with Crippen molar-refractivity contribution in [2.45, 2.75) is 26.2 Å². The molecule has 0 spiro atoms. The normalized spacial score (nSPS) is 16.0. The third-order valence-electron chi connectivity index (χ3n) is 3.55. The minimum absolute atomic E-state index is 0.00923. The number of aryl methyl sites for hydroxylation is 1. The number of nitrogens with zero attached hydrogens (tertiary/aromatic N) is 4. The average molecular weight is 279 g/mol. The van der Waals surface area contributed by atoms with Gasteiger partial charge in [-0.3, -0.25) is 9.20 Å². The Labute approximate surface area is 116 Å². The Morgan fingerprint density at radius 3 is 2.68 bits per heavy atom. The summed E-state index contributed by atoms with van der Waals surface area (Å²) < 4.78 is 1.78. The van der Waals surface area contributed by atoms with Gasteiger partial charge in [0.2, 0.25) is 0 Å². The predicted molar refractivity (Wildman–Crippen MR) is 72.5 cm³/mol. The molecule has 3 rings (SSSR count). The number of carbonyl (C=O) groups excluding carboxylic acids is 1. The van der Waals surface area contributed by atoms with Gasteiger partial charge in [0.25, 0.3) is 5.91 Å². The first kappa shape index (κ1) is 12.4. The van der Waals surface area contributed by atoms with E-state index < -0.39 is 0 Å². The Morgan fingerprint density at radius 2 is 1.95 bits per heavy atom. The van der Waals surface area contributed by atoms with Crippen LogP contribution in [0.25, 0.3) is 5.52 Å². The number of aromatic nitrogens is 3. The highest BCUT2D eigenvalue weighted by atomic mass is 35.5. The van der Waals surface area contributed by atoms with E-state index in [1.54, 1.807) is 16.8 Å². The maximum absolute atomic E-state index is 12.6. The molecule has 19 heavy (non-hydrogen) atoms. The molecule has 0 unspecified atom stereocenters. The van der Waals surface area contributed by atoms with Crippen LogP contribution in [0.3, 0.4) is 0 Å². The molecule has 5 nitrogen and oxygen atoms in total. The van der Waals surface area contributed by atoms with Crippen LogP contribution in [-0.4, -0.2) is 38.3 Å². The van der Waals surface area contributed by atoms with Crippen molar-refractivity contribution in [1.82, 2.24) is 19.3 Å². The summed E-state index contributed by atoms with van der Waals surface area (Å²) in [6, 6.07) is 0. The van der Waals surface area contributed by atoms with E-state index in [0.29, 0.717) is 16.4 Å². The molecule has 1 fully saturated rings. The van der Waals surface area contributed by atoms with Crippen LogP contribution < -0.4 is 0 Å². The Hall–Kier alpha value is -1.62. The molecule has 1 saturated heterocycles. The van der Waals surface area contributed by atoms with Gasteiger partial charge in [-0.05, 0) is 26.2 Å². The fraction of sp³-hybridized carbons (Fsp3) is 0.462. The largest absolute Gasteiger partial charge is 0.337 e. The van der Waals surface area contributed by atoms with Crippen LogP contribution in [0.4, 0.5) is 0 Å². The molecule has 1 amide bonds. The monoisotopic (exact) mass is 278 g/mol. The van der Waals surface area contributed by atoms with Gasteiger partial charge in [-0.15, -0.1) is 0 Å². The number of amides is 1. The molecular weight excluding hydrogens is 264 g/mol. The van der Waals surface area contributed by atoms with Crippen LogP contribution >= 0.6 is 11.6 Å². The number of hydrogen-bond acceptors (Lipinski definition) is 3. The molecule has 100 valence electrons. The van der Waals surface area contributed by atoms with E-state index in [4.69, 9.17) is 11.6 Å². The Bertz CT molecular complexity index is 631. The predicted octanol–water partition coefficient (Wildman–Crippen LogP) is 2.32. The molecule has 1 aliphatic heterocycles. The summed E-state index contributed by atoms with van der Waals surface area (Å²) >= 11 is 6.04. The fourth-order valence-electron chi connectivity index (χ4n) is 2.55. The van der Waals surface area contributed by atoms with E-state index in [1.165, 1.54) is 6.42 Å². The summed E-state index contributed by atoms with van der Waals surface area (Å²) in [5.41, 5.74) is 1.22. The van der Waals surface area contributed by atoms with Gasteiger partial charge in [0.15, 0.2) is 5.15 Å². The van der Waals surface area contributed by atoms with Crippen molar-refractivity contribution >= 4 is 23.0 Å². The first-order chi connectivity index (χ1) is 9.18. The van der Waals surface area contributed by atoms with Gasteiger partial charge in [0, 0.05) is 13.1 Å². The van der Waals surface area contributed by atoms with E-state index in [-0.39, 0.29) is 5.91 Å². The smallest absolute Gasteiger partial charge is 0.272 e. The third kappa shape index (κ3) is 2.08. The van der Waals surface area contributed by atoms with Gasteiger partial charge in [-0.1, -0.05) is 11.6 Å². The minimum Gasteiger partial charge on any atom is -0.337 e. The van der Waals surface area contributed by atoms with E-state index in [1.807, 2.05) is 11.8 Å². The molecule has 0 saturated carbocycles. The average Bonchev–Trinajstić information content (AvgIpc) is 2.83. The molecule has 0 atom stereocenters. The summed E-state index contributed by atoms with van der Waals surface area (Å²) in [7, 11) is 0. The second kappa shape index (κ2) is 4.81. The van der Waals surface area contributed by atoms with E-state index in [9.17, 15) is 4.79 Å². The van der Waals surface area contributed by atoms with E-state index in [0.717, 1.165) is 31.8 Å². The van der Waals surface area contributed by atoms with Gasteiger partial charge in [-0.2, -0.15) is 0 Å². The zero-order chi connectivity index (χ0) is 13.4. The standard InChI is InChI=1S/C13H15ClN4O/c1-9-15-7-10-12(14)16-8-11(18(9)10)13(19)17-5-3-2-4-6-17/h7-8H,2-6H2,1H3. The summed E-state index contributed by atoms with van der Waals surface area (Å²) in [6.07, 6.45) is 6.53. The van der Waals surface area contributed by atoms with Crippen molar-refractivity contribution < 1.29 is 4.79 Å². The summed E-state index contributed by atoms with van der Waals surface area (Å²) in [5, 5.41) is 0.371. The number of carbonyl (C=O) groups is 1. The number of likely N-dealkylation sites (tertiary alicyclic amines) is 1. The van der Waals surface area contributed by atoms with Crippen molar-refractivity contribution in [2.24, 2.45) is 0 Å². The molecule has 2 aromatic heterocycles. The molecule has 0 radical (unpaired) electrons. The topological polar surface area (TPSA) is 50.5 Å². The molecule has 1 aliphatic rings. The number of halogens is 1. The number of hydrogen-bond donors (Lipinski definition) is 0. The van der Waals surface area contributed by atoms with Crippen molar-refractivity contribution in [3.05, 3.63) is 29.1 Å². The maximum Gasteiger partial charge on any atom is 0.272 e. The molecule has 0 bridgehead atoms. The minimum atomic E-state index is 0.00923. The summed E-state index contributed by atoms with van der Waals surface area (Å²) in [4.78, 5) is 22.8. The molecule has 2 aromatic rings. The van der Waals surface area contributed by atoms with Crippen molar-refractivity contribution in [3.8, 4) is 0 Å². The molecule has 6 heteroatoms. The number of fused-ring (bicyclic) bond motifs is 1. The second-order valence-corrected chi connectivity index (χ2v) is 5.17. The third-order valence-corrected chi connectivity index (χ3v) is 3.84. The Morgan fingerprint density at radius 1 is 1.21 bits per heavy atom. The quantitative estimate of drug-likeness (QED) is 0.804. The lowest BCUT2D eigenvalue weighted by molar-refractivity contribution is 0.0716. The van der Waals surface area contributed by atoms with Crippen LogP contribution in [0.15, 0.2) is 12.4 Å².